The third-order valence-electron chi connectivity index (χ3n) is 1.94. The van der Waals surface area contributed by atoms with Gasteiger partial charge in [-0.15, -0.1) is 0 Å². The van der Waals surface area contributed by atoms with E-state index in [2.05, 4.69) is 15.9 Å². The van der Waals surface area contributed by atoms with Crippen LogP contribution in [0.3, 0.4) is 0 Å². The van der Waals surface area contributed by atoms with Crippen LogP contribution in [0.25, 0.3) is 0 Å². The molecule has 4 heteroatoms. The Morgan fingerprint density at radius 2 is 2.33 bits per heavy atom. The van der Waals surface area contributed by atoms with Crippen molar-refractivity contribution in [2.24, 2.45) is 5.73 Å². The number of hydrogen-bond acceptors (Lipinski definition) is 3. The molecule has 0 aliphatic carbocycles. The third-order valence-corrected chi connectivity index (χ3v) is 2.56. The average molecular weight is 269 g/mol. The van der Waals surface area contributed by atoms with Crippen molar-refractivity contribution < 1.29 is 4.74 Å². The Bertz CT molecular complexity index is 373. The van der Waals surface area contributed by atoms with Gasteiger partial charge in [-0.1, -0.05) is 12.1 Å². The minimum absolute atomic E-state index is 0.458. The molecule has 0 saturated heterocycles. The maximum absolute atomic E-state index is 8.69. The molecule has 0 amide bonds. The molecular formula is C11H13BrN2O. The van der Waals surface area contributed by atoms with E-state index in [0.717, 1.165) is 22.2 Å². The number of halogens is 1. The van der Waals surface area contributed by atoms with Gasteiger partial charge in [0.15, 0.2) is 6.10 Å². The van der Waals surface area contributed by atoms with Gasteiger partial charge in [-0.05, 0) is 47.4 Å². The summed E-state index contributed by atoms with van der Waals surface area (Å²) in [5.74, 6) is 0.719. The minimum atomic E-state index is -0.458. The van der Waals surface area contributed by atoms with E-state index in [-0.39, 0.29) is 0 Å². The van der Waals surface area contributed by atoms with Crippen LogP contribution in [-0.4, -0.2) is 12.6 Å². The Hall–Kier alpha value is -1.05. The Kier molecular flexibility index (Phi) is 4.60. The molecule has 0 aliphatic heterocycles. The van der Waals surface area contributed by atoms with E-state index in [1.54, 1.807) is 6.92 Å². The van der Waals surface area contributed by atoms with Crippen LogP contribution in [0.1, 0.15) is 12.5 Å². The van der Waals surface area contributed by atoms with E-state index in [0.29, 0.717) is 6.54 Å². The molecule has 2 N–H and O–H groups in total. The number of benzene rings is 1. The molecule has 15 heavy (non-hydrogen) atoms. The quantitative estimate of drug-likeness (QED) is 0.911. The zero-order valence-electron chi connectivity index (χ0n) is 8.53. The molecule has 0 aliphatic rings. The molecule has 1 rings (SSSR count). The lowest BCUT2D eigenvalue weighted by atomic mass is 10.1. The van der Waals surface area contributed by atoms with Gasteiger partial charge in [0.2, 0.25) is 0 Å². The number of nitrogens with two attached hydrogens (primary N) is 1. The van der Waals surface area contributed by atoms with Gasteiger partial charge in [-0.25, -0.2) is 0 Å². The first kappa shape index (κ1) is 12.0. The lowest BCUT2D eigenvalue weighted by Gasteiger charge is -2.13. The van der Waals surface area contributed by atoms with Gasteiger partial charge in [-0.3, -0.25) is 0 Å². The predicted octanol–water partition coefficient (Wildman–Crippen LogP) is 2.24. The van der Waals surface area contributed by atoms with E-state index < -0.39 is 6.10 Å². The summed E-state index contributed by atoms with van der Waals surface area (Å²) in [6, 6.07) is 7.81. The second-order valence-electron chi connectivity index (χ2n) is 3.16. The van der Waals surface area contributed by atoms with Crippen molar-refractivity contribution >= 4 is 15.9 Å². The maximum atomic E-state index is 8.69. The summed E-state index contributed by atoms with van der Waals surface area (Å²) in [5, 5.41) is 8.69. The van der Waals surface area contributed by atoms with Crippen LogP contribution in [0, 0.1) is 11.3 Å². The summed E-state index contributed by atoms with van der Waals surface area (Å²) in [7, 11) is 0. The second-order valence-corrected chi connectivity index (χ2v) is 4.01. The molecule has 0 fully saturated rings. The molecule has 0 aromatic heterocycles. The largest absolute Gasteiger partial charge is 0.474 e. The van der Waals surface area contributed by atoms with Gasteiger partial charge in [0.05, 0.1) is 4.47 Å². The molecule has 80 valence electrons. The molecule has 1 aromatic carbocycles. The lowest BCUT2D eigenvalue weighted by Crippen LogP contribution is -2.12. The van der Waals surface area contributed by atoms with Crippen LogP contribution in [0.2, 0.25) is 0 Å². The SMILES string of the molecule is CC(C#N)Oc1c(Br)cccc1CCN. The zero-order valence-corrected chi connectivity index (χ0v) is 10.1. The average Bonchev–Trinajstić information content (AvgIpc) is 2.23. The molecule has 0 radical (unpaired) electrons. The monoisotopic (exact) mass is 268 g/mol. The van der Waals surface area contributed by atoms with Crippen LogP contribution in [0.4, 0.5) is 0 Å². The molecule has 1 unspecified atom stereocenters. The molecule has 0 bridgehead atoms. The minimum Gasteiger partial charge on any atom is -0.474 e. The first-order valence-corrected chi connectivity index (χ1v) is 5.52. The van der Waals surface area contributed by atoms with Crippen molar-refractivity contribution in [3.8, 4) is 11.8 Å². The first-order valence-electron chi connectivity index (χ1n) is 4.72. The Balaban J connectivity index is 2.97. The van der Waals surface area contributed by atoms with Crippen molar-refractivity contribution in [3.05, 3.63) is 28.2 Å². The summed E-state index contributed by atoms with van der Waals surface area (Å²) in [5.41, 5.74) is 6.53. The summed E-state index contributed by atoms with van der Waals surface area (Å²) in [4.78, 5) is 0. The van der Waals surface area contributed by atoms with E-state index in [1.165, 1.54) is 0 Å². The standard InChI is InChI=1S/C11H13BrN2O/c1-8(7-14)15-11-9(5-6-13)3-2-4-10(11)12/h2-4,8H,5-6,13H2,1H3. The summed E-state index contributed by atoms with van der Waals surface area (Å²) in [6.07, 6.45) is 0.285. The number of para-hydroxylation sites is 1. The van der Waals surface area contributed by atoms with Gasteiger partial charge < -0.3 is 10.5 Å². The maximum Gasteiger partial charge on any atom is 0.181 e. The van der Waals surface area contributed by atoms with Crippen molar-refractivity contribution in [1.29, 1.82) is 5.26 Å². The topological polar surface area (TPSA) is 59.0 Å². The van der Waals surface area contributed by atoms with Crippen LogP contribution in [-0.2, 0) is 6.42 Å². The molecule has 0 spiro atoms. The van der Waals surface area contributed by atoms with E-state index >= 15 is 0 Å². The number of ether oxygens (including phenoxy) is 1. The summed E-state index contributed by atoms with van der Waals surface area (Å²) < 4.78 is 6.37. The Labute approximate surface area is 98.0 Å². The van der Waals surface area contributed by atoms with Gasteiger partial charge in [0.25, 0.3) is 0 Å². The summed E-state index contributed by atoms with van der Waals surface area (Å²) >= 11 is 3.40. The highest BCUT2D eigenvalue weighted by atomic mass is 79.9. The molecule has 0 heterocycles. The number of rotatable bonds is 4. The van der Waals surface area contributed by atoms with Crippen LogP contribution >= 0.6 is 15.9 Å². The van der Waals surface area contributed by atoms with Crippen molar-refractivity contribution in [2.75, 3.05) is 6.54 Å². The number of nitriles is 1. The molecule has 3 nitrogen and oxygen atoms in total. The van der Waals surface area contributed by atoms with Crippen molar-refractivity contribution in [3.63, 3.8) is 0 Å². The van der Waals surface area contributed by atoms with Crippen LogP contribution in [0.5, 0.6) is 5.75 Å². The predicted molar refractivity (Wildman–Crippen MR) is 62.6 cm³/mol. The van der Waals surface area contributed by atoms with Crippen molar-refractivity contribution in [1.82, 2.24) is 0 Å². The number of nitrogens with zero attached hydrogens (tertiary/aromatic N) is 1. The van der Waals surface area contributed by atoms with Crippen LogP contribution < -0.4 is 10.5 Å². The fourth-order valence-corrected chi connectivity index (χ4v) is 1.74. The highest BCUT2D eigenvalue weighted by Crippen LogP contribution is 2.30. The second kappa shape index (κ2) is 5.74. The zero-order chi connectivity index (χ0) is 11.3. The highest BCUT2D eigenvalue weighted by molar-refractivity contribution is 9.10. The fraction of sp³-hybridized carbons (Fsp3) is 0.364. The molecular weight excluding hydrogens is 256 g/mol. The smallest absolute Gasteiger partial charge is 0.181 e. The van der Waals surface area contributed by atoms with Gasteiger partial charge in [0.1, 0.15) is 11.8 Å². The molecule has 1 atom stereocenters. The Morgan fingerprint density at radius 1 is 1.60 bits per heavy atom. The molecule has 1 aromatic rings. The van der Waals surface area contributed by atoms with E-state index in [9.17, 15) is 0 Å². The van der Waals surface area contributed by atoms with E-state index in [1.807, 2.05) is 24.3 Å². The summed E-state index contributed by atoms with van der Waals surface area (Å²) in [6.45, 7) is 2.28. The van der Waals surface area contributed by atoms with Gasteiger partial charge in [0, 0.05) is 0 Å². The van der Waals surface area contributed by atoms with E-state index in [4.69, 9.17) is 15.7 Å². The molecule has 0 saturated carbocycles. The highest BCUT2D eigenvalue weighted by Gasteiger charge is 2.10. The first-order chi connectivity index (χ1) is 7.19. The van der Waals surface area contributed by atoms with Crippen LogP contribution in [0.15, 0.2) is 22.7 Å². The number of hydrogen-bond donors (Lipinski definition) is 1. The fourth-order valence-electron chi connectivity index (χ4n) is 1.24. The normalized spacial score (nSPS) is 11.9. The van der Waals surface area contributed by atoms with Crippen molar-refractivity contribution in [2.45, 2.75) is 19.4 Å². The van der Waals surface area contributed by atoms with Gasteiger partial charge >= 0.3 is 0 Å². The third kappa shape index (κ3) is 3.22. The Morgan fingerprint density at radius 3 is 2.93 bits per heavy atom. The lowest BCUT2D eigenvalue weighted by molar-refractivity contribution is 0.272. The van der Waals surface area contributed by atoms with Gasteiger partial charge in [-0.2, -0.15) is 5.26 Å².